The normalized spacial score (nSPS) is 15.1. The van der Waals surface area contributed by atoms with Crippen LogP contribution >= 0.6 is 11.6 Å². The summed E-state index contributed by atoms with van der Waals surface area (Å²) in [5.41, 5.74) is 3.98. The summed E-state index contributed by atoms with van der Waals surface area (Å²) in [6, 6.07) is 9.03. The van der Waals surface area contributed by atoms with E-state index < -0.39 is 0 Å². The van der Waals surface area contributed by atoms with E-state index in [1.807, 2.05) is 20.9 Å². The zero-order chi connectivity index (χ0) is 13.1. The predicted octanol–water partition coefficient (Wildman–Crippen LogP) is 4.88. The molecule has 0 spiro atoms. The molecule has 1 aromatic carbocycles. The van der Waals surface area contributed by atoms with Crippen LogP contribution in [0.1, 0.15) is 50.2 Å². The van der Waals surface area contributed by atoms with Gasteiger partial charge in [0.1, 0.15) is 5.16 Å². The molecule has 0 heterocycles. The molecule has 0 aliphatic heterocycles. The number of hydrogen-bond acceptors (Lipinski definition) is 1. The Morgan fingerprint density at radius 1 is 1.22 bits per heavy atom. The van der Waals surface area contributed by atoms with Gasteiger partial charge in [-0.1, -0.05) is 42.3 Å². The maximum Gasteiger partial charge on any atom is 0.103 e. The van der Waals surface area contributed by atoms with Gasteiger partial charge < -0.3 is 4.90 Å². The summed E-state index contributed by atoms with van der Waals surface area (Å²) in [5.74, 6) is 0.818. The third-order valence-corrected chi connectivity index (χ3v) is 4.39. The number of nitrogens with zero attached hydrogens (tertiary/aromatic N) is 1. The average molecular weight is 264 g/mol. The van der Waals surface area contributed by atoms with E-state index >= 15 is 0 Å². The Labute approximate surface area is 115 Å². The highest BCUT2D eigenvalue weighted by Gasteiger charge is 2.18. The van der Waals surface area contributed by atoms with Crippen LogP contribution in [-0.2, 0) is 6.54 Å². The van der Waals surface area contributed by atoms with Crippen LogP contribution in [0.4, 0.5) is 0 Å². The second-order valence-corrected chi connectivity index (χ2v) is 5.87. The number of allylic oxidation sites excluding steroid dienone is 1. The van der Waals surface area contributed by atoms with Crippen LogP contribution < -0.4 is 0 Å². The fourth-order valence-electron chi connectivity index (χ4n) is 2.36. The van der Waals surface area contributed by atoms with E-state index in [-0.39, 0.29) is 0 Å². The zero-order valence-corrected chi connectivity index (χ0v) is 12.3. The second kappa shape index (κ2) is 5.79. The van der Waals surface area contributed by atoms with Crippen molar-refractivity contribution in [3.8, 4) is 0 Å². The number of hydrogen-bond donors (Lipinski definition) is 0. The number of rotatable bonds is 4. The van der Waals surface area contributed by atoms with Crippen molar-refractivity contribution >= 4 is 11.6 Å². The van der Waals surface area contributed by atoms with Gasteiger partial charge in [-0.25, -0.2) is 0 Å². The lowest BCUT2D eigenvalue weighted by atomic mass is 9.80. The highest BCUT2D eigenvalue weighted by molar-refractivity contribution is 6.29. The highest BCUT2D eigenvalue weighted by atomic mass is 35.5. The van der Waals surface area contributed by atoms with Gasteiger partial charge in [0.2, 0.25) is 0 Å². The molecule has 0 saturated heterocycles. The summed E-state index contributed by atoms with van der Waals surface area (Å²) >= 11 is 6.23. The Kier molecular flexibility index (Phi) is 4.34. The van der Waals surface area contributed by atoms with Crippen molar-refractivity contribution in [3.63, 3.8) is 0 Å². The van der Waals surface area contributed by atoms with Gasteiger partial charge in [-0.3, -0.25) is 0 Å². The van der Waals surface area contributed by atoms with E-state index in [1.165, 1.54) is 30.4 Å². The lowest BCUT2D eigenvalue weighted by Gasteiger charge is -2.26. The van der Waals surface area contributed by atoms with E-state index in [4.69, 9.17) is 11.6 Å². The smallest absolute Gasteiger partial charge is 0.103 e. The summed E-state index contributed by atoms with van der Waals surface area (Å²) in [7, 11) is 2.04. The van der Waals surface area contributed by atoms with Crippen LogP contribution in [0.3, 0.4) is 0 Å². The molecule has 0 atom stereocenters. The highest BCUT2D eigenvalue weighted by Crippen LogP contribution is 2.36. The van der Waals surface area contributed by atoms with Crippen molar-refractivity contribution < 1.29 is 0 Å². The fraction of sp³-hybridized carbons (Fsp3) is 0.500. The standard InChI is InChI=1S/C16H22ClN/c1-12(2)16(17)18(3)11-13-7-9-15(10-8-13)14-5-4-6-14/h7-10,14H,4-6,11H2,1-3H3. The van der Waals surface area contributed by atoms with Gasteiger partial charge in [-0.15, -0.1) is 0 Å². The van der Waals surface area contributed by atoms with Crippen molar-refractivity contribution in [2.75, 3.05) is 7.05 Å². The minimum absolute atomic E-state index is 0.818. The summed E-state index contributed by atoms with van der Waals surface area (Å²) in [6.07, 6.45) is 4.12. The second-order valence-electron chi connectivity index (χ2n) is 5.52. The predicted molar refractivity (Wildman–Crippen MR) is 78.7 cm³/mol. The molecule has 1 aliphatic carbocycles. The Morgan fingerprint density at radius 2 is 1.83 bits per heavy atom. The molecule has 0 unspecified atom stereocenters. The van der Waals surface area contributed by atoms with Gasteiger partial charge in [0, 0.05) is 13.6 Å². The quantitative estimate of drug-likeness (QED) is 0.700. The maximum atomic E-state index is 6.23. The Balaban J connectivity index is 1.99. The third kappa shape index (κ3) is 3.08. The van der Waals surface area contributed by atoms with E-state index in [0.717, 1.165) is 23.2 Å². The van der Waals surface area contributed by atoms with Gasteiger partial charge in [-0.2, -0.15) is 0 Å². The monoisotopic (exact) mass is 263 g/mol. The molecule has 0 N–H and O–H groups in total. The van der Waals surface area contributed by atoms with Crippen molar-refractivity contribution in [2.45, 2.75) is 45.6 Å². The topological polar surface area (TPSA) is 3.24 Å². The molecular formula is C16H22ClN. The van der Waals surface area contributed by atoms with Gasteiger partial charge >= 0.3 is 0 Å². The molecule has 1 fully saturated rings. The first kappa shape index (κ1) is 13.5. The van der Waals surface area contributed by atoms with Crippen molar-refractivity contribution in [2.24, 2.45) is 0 Å². The molecule has 0 radical (unpaired) electrons. The third-order valence-electron chi connectivity index (χ3n) is 3.72. The van der Waals surface area contributed by atoms with Gasteiger partial charge in [0.15, 0.2) is 0 Å². The first-order valence-corrected chi connectivity index (χ1v) is 7.08. The van der Waals surface area contributed by atoms with Crippen molar-refractivity contribution in [1.82, 2.24) is 4.90 Å². The van der Waals surface area contributed by atoms with E-state index in [2.05, 4.69) is 29.2 Å². The Morgan fingerprint density at radius 3 is 2.28 bits per heavy atom. The van der Waals surface area contributed by atoms with Gasteiger partial charge in [0.25, 0.3) is 0 Å². The molecule has 0 aromatic heterocycles. The Bertz CT molecular complexity index is 425. The molecule has 18 heavy (non-hydrogen) atoms. The SMILES string of the molecule is CC(C)=C(Cl)N(C)Cc1ccc(C2CCC2)cc1. The van der Waals surface area contributed by atoms with Crippen LogP contribution in [0.5, 0.6) is 0 Å². The van der Waals surface area contributed by atoms with Crippen LogP contribution in [0.15, 0.2) is 35.0 Å². The molecule has 98 valence electrons. The lowest BCUT2D eigenvalue weighted by Crippen LogP contribution is -2.15. The van der Waals surface area contributed by atoms with E-state index in [1.54, 1.807) is 0 Å². The lowest BCUT2D eigenvalue weighted by molar-refractivity contribution is 0.418. The van der Waals surface area contributed by atoms with Gasteiger partial charge in [0.05, 0.1) is 0 Å². The fourth-order valence-corrected chi connectivity index (χ4v) is 2.42. The molecule has 1 nitrogen and oxygen atoms in total. The van der Waals surface area contributed by atoms with E-state index in [0.29, 0.717) is 0 Å². The number of benzene rings is 1. The molecule has 0 bridgehead atoms. The van der Waals surface area contributed by atoms with E-state index in [9.17, 15) is 0 Å². The molecule has 2 heteroatoms. The molecular weight excluding hydrogens is 242 g/mol. The molecule has 1 aliphatic rings. The molecule has 1 saturated carbocycles. The first-order valence-electron chi connectivity index (χ1n) is 6.71. The molecule has 2 rings (SSSR count). The summed E-state index contributed by atoms with van der Waals surface area (Å²) in [6.45, 7) is 4.95. The van der Waals surface area contributed by atoms with Crippen LogP contribution in [0.2, 0.25) is 0 Å². The van der Waals surface area contributed by atoms with Crippen LogP contribution in [0, 0.1) is 0 Å². The van der Waals surface area contributed by atoms with Gasteiger partial charge in [-0.05, 0) is 49.3 Å². The average Bonchev–Trinajstić information content (AvgIpc) is 2.28. The summed E-state index contributed by atoms with van der Waals surface area (Å²) < 4.78 is 0. The van der Waals surface area contributed by atoms with Crippen molar-refractivity contribution in [1.29, 1.82) is 0 Å². The number of halogens is 1. The minimum Gasteiger partial charge on any atom is -0.361 e. The van der Waals surface area contributed by atoms with Crippen LogP contribution in [0.25, 0.3) is 0 Å². The Hall–Kier alpha value is -0.950. The first-order chi connectivity index (χ1) is 8.58. The maximum absolute atomic E-state index is 6.23. The largest absolute Gasteiger partial charge is 0.361 e. The zero-order valence-electron chi connectivity index (χ0n) is 11.5. The minimum atomic E-state index is 0.818. The van der Waals surface area contributed by atoms with Crippen LogP contribution in [-0.4, -0.2) is 11.9 Å². The molecule has 0 amide bonds. The summed E-state index contributed by atoms with van der Waals surface area (Å²) in [5, 5.41) is 0.845. The van der Waals surface area contributed by atoms with Crippen molar-refractivity contribution in [3.05, 3.63) is 46.1 Å². The summed E-state index contributed by atoms with van der Waals surface area (Å²) in [4.78, 5) is 2.09. The molecule has 1 aromatic rings.